The Morgan fingerprint density at radius 3 is 2.76 bits per heavy atom. The van der Waals surface area contributed by atoms with Gasteiger partial charge in [0.25, 0.3) is 0 Å². The second-order valence-electron chi connectivity index (χ2n) is 4.69. The van der Waals surface area contributed by atoms with Gasteiger partial charge in [0.1, 0.15) is 10.6 Å². The zero-order valence-corrected chi connectivity index (χ0v) is 14.4. The largest absolute Gasteiger partial charge is 0.351 e. The Balaban J connectivity index is 2.05. The molecule has 0 unspecified atom stereocenters. The molecule has 0 saturated heterocycles. The smallest absolute Gasteiger partial charge is 0.225 e. The molecular weight excluding hydrogens is 322 g/mol. The molecule has 0 aliphatic carbocycles. The van der Waals surface area contributed by atoms with E-state index in [0.717, 1.165) is 35.5 Å². The number of fused-ring (bicyclic) bond motifs is 1. The number of rotatable bonds is 5. The third-order valence-electron chi connectivity index (χ3n) is 3.35. The van der Waals surface area contributed by atoms with Gasteiger partial charge in [0.05, 0.1) is 11.9 Å². The van der Waals surface area contributed by atoms with Crippen molar-refractivity contribution in [2.45, 2.75) is 26.8 Å². The van der Waals surface area contributed by atoms with E-state index in [2.05, 4.69) is 52.3 Å². The predicted octanol–water partition coefficient (Wildman–Crippen LogP) is 5.00. The van der Waals surface area contributed by atoms with Gasteiger partial charge in [-0.15, -0.1) is 22.7 Å². The van der Waals surface area contributed by atoms with E-state index >= 15 is 0 Å². The molecule has 21 heavy (non-hydrogen) atoms. The molecule has 3 aromatic heterocycles. The monoisotopic (exact) mass is 337 g/mol. The molecule has 0 N–H and O–H groups in total. The van der Waals surface area contributed by atoms with Crippen molar-refractivity contribution in [2.24, 2.45) is 0 Å². The predicted molar refractivity (Wildman–Crippen MR) is 92.8 cm³/mol. The first-order valence-corrected chi connectivity index (χ1v) is 9.02. The fourth-order valence-corrected chi connectivity index (χ4v) is 4.17. The van der Waals surface area contributed by atoms with Crippen LogP contribution in [0.1, 0.15) is 23.6 Å². The van der Waals surface area contributed by atoms with Gasteiger partial charge in [-0.1, -0.05) is 13.0 Å². The van der Waals surface area contributed by atoms with E-state index in [4.69, 9.17) is 11.6 Å². The molecule has 0 fully saturated rings. The van der Waals surface area contributed by atoms with Gasteiger partial charge in [-0.25, -0.2) is 4.98 Å². The summed E-state index contributed by atoms with van der Waals surface area (Å²) < 4.78 is 0. The Morgan fingerprint density at radius 2 is 2.10 bits per heavy atom. The van der Waals surface area contributed by atoms with Gasteiger partial charge >= 0.3 is 0 Å². The summed E-state index contributed by atoms with van der Waals surface area (Å²) in [6.45, 7) is 6.04. The van der Waals surface area contributed by atoms with E-state index in [0.29, 0.717) is 5.28 Å². The fourth-order valence-electron chi connectivity index (χ4n) is 2.27. The molecule has 0 atom stereocenters. The summed E-state index contributed by atoms with van der Waals surface area (Å²) in [5, 5.41) is 3.54. The van der Waals surface area contributed by atoms with Crippen molar-refractivity contribution in [1.29, 1.82) is 0 Å². The summed E-state index contributed by atoms with van der Waals surface area (Å²) in [7, 11) is 0. The second-order valence-corrected chi connectivity index (χ2v) is 7.18. The number of nitrogens with zero attached hydrogens (tertiary/aromatic N) is 3. The highest BCUT2D eigenvalue weighted by atomic mass is 35.5. The maximum absolute atomic E-state index is 6.12. The fraction of sp³-hybridized carbons (Fsp3) is 0.333. The molecule has 0 spiro atoms. The minimum atomic E-state index is 0.326. The topological polar surface area (TPSA) is 29.0 Å². The van der Waals surface area contributed by atoms with Crippen LogP contribution >= 0.6 is 34.3 Å². The van der Waals surface area contributed by atoms with Gasteiger partial charge < -0.3 is 4.90 Å². The molecule has 110 valence electrons. The van der Waals surface area contributed by atoms with Crippen molar-refractivity contribution in [3.05, 3.63) is 38.6 Å². The Bertz CT molecular complexity index is 737. The molecule has 0 bridgehead atoms. The molecule has 0 aliphatic heterocycles. The average Bonchev–Trinajstić information content (AvgIpc) is 3.12. The third-order valence-corrected chi connectivity index (χ3v) is 5.56. The molecule has 0 aliphatic rings. The maximum atomic E-state index is 6.12. The Hall–Kier alpha value is -1.17. The Kier molecular flexibility index (Phi) is 4.42. The van der Waals surface area contributed by atoms with Crippen LogP contribution < -0.4 is 4.90 Å². The van der Waals surface area contributed by atoms with Gasteiger partial charge in [0.2, 0.25) is 5.28 Å². The van der Waals surface area contributed by atoms with Crippen LogP contribution in [-0.2, 0) is 13.0 Å². The molecule has 3 heterocycles. The maximum Gasteiger partial charge on any atom is 0.225 e. The molecule has 3 nitrogen and oxygen atoms in total. The summed E-state index contributed by atoms with van der Waals surface area (Å²) in [6.07, 6.45) is 1.01. The molecule has 0 aromatic carbocycles. The minimum absolute atomic E-state index is 0.326. The summed E-state index contributed by atoms with van der Waals surface area (Å²) in [5.74, 6) is 0.942. The summed E-state index contributed by atoms with van der Waals surface area (Å²) >= 11 is 9.59. The molecule has 3 rings (SSSR count). The van der Waals surface area contributed by atoms with Crippen LogP contribution in [0.3, 0.4) is 0 Å². The number of hydrogen-bond donors (Lipinski definition) is 0. The van der Waals surface area contributed by atoms with Crippen molar-refractivity contribution in [1.82, 2.24) is 9.97 Å². The Morgan fingerprint density at radius 1 is 1.24 bits per heavy atom. The van der Waals surface area contributed by atoms with E-state index in [-0.39, 0.29) is 0 Å². The first kappa shape index (κ1) is 14.8. The molecule has 0 radical (unpaired) electrons. The number of aryl methyl sites for hydroxylation is 1. The van der Waals surface area contributed by atoms with Crippen LogP contribution in [0.25, 0.3) is 10.2 Å². The lowest BCUT2D eigenvalue weighted by Crippen LogP contribution is -2.23. The molecule has 0 amide bonds. The second kappa shape index (κ2) is 6.30. The first-order chi connectivity index (χ1) is 10.2. The van der Waals surface area contributed by atoms with E-state index in [1.54, 1.807) is 22.7 Å². The van der Waals surface area contributed by atoms with Crippen LogP contribution in [0.5, 0.6) is 0 Å². The highest BCUT2D eigenvalue weighted by molar-refractivity contribution is 7.18. The van der Waals surface area contributed by atoms with Gasteiger partial charge in [-0.05, 0) is 42.5 Å². The number of thiophene rings is 2. The van der Waals surface area contributed by atoms with Crippen LogP contribution in [0.2, 0.25) is 5.28 Å². The summed E-state index contributed by atoms with van der Waals surface area (Å²) in [4.78, 5) is 14.7. The lowest BCUT2D eigenvalue weighted by molar-refractivity contribution is 0.826. The van der Waals surface area contributed by atoms with E-state index in [1.165, 1.54) is 9.75 Å². The zero-order valence-electron chi connectivity index (χ0n) is 12.0. The standard InChI is InChI=1S/C15H16ClN3S2/c1-3-10-8-12-13(17-15(16)18-14(12)21-10)19(4-2)9-11-6-5-7-20-11/h5-8H,3-4,9H2,1-2H3. The van der Waals surface area contributed by atoms with Crippen LogP contribution in [0.4, 0.5) is 5.82 Å². The molecule has 3 aromatic rings. The highest BCUT2D eigenvalue weighted by Crippen LogP contribution is 2.33. The SMILES string of the molecule is CCc1cc2c(N(CC)Cc3cccs3)nc(Cl)nc2s1. The highest BCUT2D eigenvalue weighted by Gasteiger charge is 2.16. The lowest BCUT2D eigenvalue weighted by atomic mass is 10.3. The minimum Gasteiger partial charge on any atom is -0.351 e. The van der Waals surface area contributed by atoms with Crippen molar-refractivity contribution in [2.75, 3.05) is 11.4 Å². The van der Waals surface area contributed by atoms with E-state index in [1.807, 2.05) is 0 Å². The van der Waals surface area contributed by atoms with Crippen LogP contribution in [0, 0.1) is 0 Å². The van der Waals surface area contributed by atoms with Gasteiger partial charge in [-0.3, -0.25) is 0 Å². The van der Waals surface area contributed by atoms with Crippen molar-refractivity contribution < 1.29 is 0 Å². The molecule has 0 saturated carbocycles. The summed E-state index contributed by atoms with van der Waals surface area (Å²) in [5.41, 5.74) is 0. The lowest BCUT2D eigenvalue weighted by Gasteiger charge is -2.22. The van der Waals surface area contributed by atoms with E-state index < -0.39 is 0 Å². The average molecular weight is 338 g/mol. The van der Waals surface area contributed by atoms with Crippen molar-refractivity contribution >= 4 is 50.3 Å². The van der Waals surface area contributed by atoms with E-state index in [9.17, 15) is 0 Å². The third kappa shape index (κ3) is 3.05. The van der Waals surface area contributed by atoms with Gasteiger partial charge in [0, 0.05) is 16.3 Å². The quantitative estimate of drug-likeness (QED) is 0.614. The zero-order chi connectivity index (χ0) is 14.8. The van der Waals surface area contributed by atoms with Gasteiger partial charge in [0.15, 0.2) is 0 Å². The molecular formula is C15H16ClN3S2. The number of halogens is 1. The summed E-state index contributed by atoms with van der Waals surface area (Å²) in [6, 6.07) is 6.43. The normalized spacial score (nSPS) is 11.2. The van der Waals surface area contributed by atoms with Crippen molar-refractivity contribution in [3.63, 3.8) is 0 Å². The van der Waals surface area contributed by atoms with Gasteiger partial charge in [-0.2, -0.15) is 4.98 Å². The van der Waals surface area contributed by atoms with Crippen LogP contribution in [-0.4, -0.2) is 16.5 Å². The van der Waals surface area contributed by atoms with Crippen LogP contribution in [0.15, 0.2) is 23.6 Å². The first-order valence-electron chi connectivity index (χ1n) is 6.94. The Labute approximate surface area is 137 Å². The van der Waals surface area contributed by atoms with Crippen molar-refractivity contribution in [3.8, 4) is 0 Å². The molecule has 6 heteroatoms. The number of anilines is 1. The number of aromatic nitrogens is 2. The number of hydrogen-bond acceptors (Lipinski definition) is 5.